The van der Waals surface area contributed by atoms with Gasteiger partial charge in [-0.05, 0) is 30.5 Å². The lowest BCUT2D eigenvalue weighted by molar-refractivity contribution is -0.121. The zero-order chi connectivity index (χ0) is 16.9. The Hall–Kier alpha value is -1.40. The lowest BCUT2D eigenvalue weighted by Crippen LogP contribution is -2.36. The van der Waals surface area contributed by atoms with Gasteiger partial charge in [-0.2, -0.15) is 11.8 Å². The fraction of sp³-hybridized carbons (Fsp3) is 0.529. The smallest absolute Gasteiger partial charge is 0.315 e. The molecule has 5 nitrogen and oxygen atoms in total. The molecule has 130 valence electrons. The third-order valence-electron chi connectivity index (χ3n) is 4.46. The molecular weight excluding hydrogens is 346 g/mol. The van der Waals surface area contributed by atoms with Crippen molar-refractivity contribution in [3.63, 3.8) is 0 Å². The van der Waals surface area contributed by atoms with Gasteiger partial charge in [0.15, 0.2) is 0 Å². The van der Waals surface area contributed by atoms with E-state index in [1.165, 1.54) is 0 Å². The third-order valence-corrected chi connectivity index (χ3v) is 6.20. The SMILES string of the molecule is O=C(CCCC[C@@H]1SC[C@@H]2NC(=O)N[C@@H]21)NCc1cccc(Cl)c1. The molecule has 7 heteroatoms. The molecule has 0 spiro atoms. The van der Waals surface area contributed by atoms with Gasteiger partial charge in [-0.1, -0.05) is 30.2 Å². The fourth-order valence-electron chi connectivity index (χ4n) is 3.21. The fourth-order valence-corrected chi connectivity index (χ4v) is 4.97. The zero-order valence-electron chi connectivity index (χ0n) is 13.4. The summed E-state index contributed by atoms with van der Waals surface area (Å²) in [6, 6.07) is 7.99. The minimum absolute atomic E-state index is 0.0457. The van der Waals surface area contributed by atoms with E-state index in [-0.39, 0.29) is 24.0 Å². The van der Waals surface area contributed by atoms with E-state index >= 15 is 0 Å². The molecule has 2 aliphatic heterocycles. The minimum Gasteiger partial charge on any atom is -0.352 e. The number of nitrogens with one attached hydrogen (secondary N) is 3. The van der Waals surface area contributed by atoms with Gasteiger partial charge in [0.25, 0.3) is 0 Å². The second-order valence-corrected chi connectivity index (χ2v) is 7.98. The number of urea groups is 1. The summed E-state index contributed by atoms with van der Waals surface area (Å²) in [5.41, 5.74) is 1.01. The van der Waals surface area contributed by atoms with Crippen molar-refractivity contribution in [1.29, 1.82) is 0 Å². The Morgan fingerprint density at radius 2 is 2.21 bits per heavy atom. The average Bonchev–Trinajstić information content (AvgIpc) is 3.09. The molecule has 1 aromatic carbocycles. The summed E-state index contributed by atoms with van der Waals surface area (Å²) in [5, 5.41) is 10.0. The van der Waals surface area contributed by atoms with Crippen LogP contribution in [-0.4, -0.2) is 35.0 Å². The lowest BCUT2D eigenvalue weighted by Gasteiger charge is -2.16. The maximum Gasteiger partial charge on any atom is 0.315 e. The van der Waals surface area contributed by atoms with Gasteiger partial charge in [0.1, 0.15) is 0 Å². The molecule has 2 heterocycles. The van der Waals surface area contributed by atoms with Crippen LogP contribution in [0.3, 0.4) is 0 Å². The normalized spacial score (nSPS) is 25.0. The number of rotatable bonds is 7. The van der Waals surface area contributed by atoms with Crippen LogP contribution in [0.2, 0.25) is 5.02 Å². The molecule has 3 amide bonds. The van der Waals surface area contributed by atoms with Crippen LogP contribution in [-0.2, 0) is 11.3 Å². The highest BCUT2D eigenvalue weighted by atomic mass is 35.5. The van der Waals surface area contributed by atoms with E-state index < -0.39 is 0 Å². The first-order valence-corrected chi connectivity index (χ1v) is 9.74. The molecule has 2 aliphatic rings. The Labute approximate surface area is 151 Å². The van der Waals surface area contributed by atoms with Crippen molar-refractivity contribution in [2.45, 2.75) is 49.6 Å². The van der Waals surface area contributed by atoms with Crippen LogP contribution in [0.5, 0.6) is 0 Å². The average molecular weight is 368 g/mol. The van der Waals surface area contributed by atoms with Gasteiger partial charge >= 0.3 is 6.03 Å². The number of carbonyl (C=O) groups excluding carboxylic acids is 2. The van der Waals surface area contributed by atoms with Crippen molar-refractivity contribution in [3.05, 3.63) is 34.9 Å². The highest BCUT2D eigenvalue weighted by Crippen LogP contribution is 2.33. The molecule has 1 aromatic rings. The van der Waals surface area contributed by atoms with Crippen molar-refractivity contribution in [1.82, 2.24) is 16.0 Å². The summed E-state index contributed by atoms with van der Waals surface area (Å²) in [6.45, 7) is 0.513. The molecular formula is C17H22ClN3O2S. The monoisotopic (exact) mass is 367 g/mol. The first kappa shape index (κ1) is 17.4. The molecule has 0 aromatic heterocycles. The van der Waals surface area contributed by atoms with Gasteiger partial charge in [-0.3, -0.25) is 4.79 Å². The number of hydrogen-bond acceptors (Lipinski definition) is 3. The Kier molecular flexibility index (Phi) is 5.89. The van der Waals surface area contributed by atoms with Crippen LogP contribution in [0.25, 0.3) is 0 Å². The number of thioether (sulfide) groups is 1. The van der Waals surface area contributed by atoms with E-state index in [9.17, 15) is 9.59 Å². The molecule has 3 N–H and O–H groups in total. The number of unbranched alkanes of at least 4 members (excludes halogenated alkanes) is 1. The lowest BCUT2D eigenvalue weighted by atomic mass is 10.0. The summed E-state index contributed by atoms with van der Waals surface area (Å²) in [6.07, 6.45) is 3.45. The molecule has 2 fully saturated rings. The van der Waals surface area contributed by atoms with E-state index in [1.807, 2.05) is 36.0 Å². The number of halogens is 1. The summed E-state index contributed by atoms with van der Waals surface area (Å²) in [5.74, 6) is 1.05. The van der Waals surface area contributed by atoms with Crippen molar-refractivity contribution >= 4 is 35.3 Å². The maximum atomic E-state index is 11.9. The number of amides is 3. The second kappa shape index (κ2) is 8.12. The van der Waals surface area contributed by atoms with Gasteiger partial charge in [-0.25, -0.2) is 4.79 Å². The van der Waals surface area contributed by atoms with Gasteiger partial charge < -0.3 is 16.0 Å². The summed E-state index contributed by atoms with van der Waals surface area (Å²) in [4.78, 5) is 23.2. The molecule has 0 radical (unpaired) electrons. The Morgan fingerprint density at radius 1 is 1.33 bits per heavy atom. The minimum atomic E-state index is -0.0457. The highest BCUT2D eigenvalue weighted by molar-refractivity contribution is 8.00. The van der Waals surface area contributed by atoms with Gasteiger partial charge in [0.2, 0.25) is 5.91 Å². The molecule has 3 rings (SSSR count). The molecule has 0 saturated carbocycles. The third kappa shape index (κ3) is 4.57. The number of hydrogen-bond donors (Lipinski definition) is 3. The van der Waals surface area contributed by atoms with Crippen molar-refractivity contribution in [3.8, 4) is 0 Å². The van der Waals surface area contributed by atoms with E-state index in [0.717, 1.165) is 30.6 Å². The van der Waals surface area contributed by atoms with E-state index in [1.54, 1.807) is 0 Å². The van der Waals surface area contributed by atoms with Crippen molar-refractivity contribution in [2.24, 2.45) is 0 Å². The van der Waals surface area contributed by atoms with E-state index in [0.29, 0.717) is 23.2 Å². The zero-order valence-corrected chi connectivity index (χ0v) is 15.0. The van der Waals surface area contributed by atoms with E-state index in [4.69, 9.17) is 11.6 Å². The van der Waals surface area contributed by atoms with Crippen LogP contribution in [0.1, 0.15) is 31.2 Å². The van der Waals surface area contributed by atoms with Crippen molar-refractivity contribution < 1.29 is 9.59 Å². The standard InChI is InChI=1S/C17H22ClN3O2S/c18-12-5-3-4-11(8-12)9-19-15(22)7-2-1-6-14-16-13(10-24-14)20-17(23)21-16/h3-5,8,13-14,16H,1-2,6-7,9-10H2,(H,19,22)(H2,20,21,23)/t13-,14-,16-/m0/s1. The predicted octanol–water partition coefficient (Wildman–Crippen LogP) is 2.68. The largest absolute Gasteiger partial charge is 0.352 e. The number of fused-ring (bicyclic) bond motifs is 1. The topological polar surface area (TPSA) is 70.2 Å². The Morgan fingerprint density at radius 3 is 3.04 bits per heavy atom. The highest BCUT2D eigenvalue weighted by Gasteiger charge is 2.42. The van der Waals surface area contributed by atoms with Gasteiger partial charge in [0.05, 0.1) is 12.1 Å². The molecule has 0 bridgehead atoms. The Bertz CT molecular complexity index is 613. The van der Waals surface area contributed by atoms with Crippen LogP contribution in [0, 0.1) is 0 Å². The van der Waals surface area contributed by atoms with Gasteiger partial charge in [-0.15, -0.1) is 0 Å². The number of benzene rings is 1. The Balaban J connectivity index is 1.30. The second-order valence-electron chi connectivity index (χ2n) is 6.27. The first-order chi connectivity index (χ1) is 11.6. The molecule has 3 atom stereocenters. The predicted molar refractivity (Wildman–Crippen MR) is 97.3 cm³/mol. The quantitative estimate of drug-likeness (QED) is 0.512. The van der Waals surface area contributed by atoms with Crippen molar-refractivity contribution in [2.75, 3.05) is 5.75 Å². The summed E-state index contributed by atoms with van der Waals surface area (Å²) >= 11 is 7.84. The summed E-state index contributed by atoms with van der Waals surface area (Å²) < 4.78 is 0. The van der Waals surface area contributed by atoms with Crippen LogP contribution < -0.4 is 16.0 Å². The van der Waals surface area contributed by atoms with E-state index in [2.05, 4.69) is 16.0 Å². The molecule has 2 saturated heterocycles. The van der Waals surface area contributed by atoms with Crippen LogP contribution in [0.15, 0.2) is 24.3 Å². The van der Waals surface area contributed by atoms with Crippen LogP contribution >= 0.6 is 23.4 Å². The summed E-state index contributed by atoms with van der Waals surface area (Å²) in [7, 11) is 0. The molecule has 0 aliphatic carbocycles. The van der Waals surface area contributed by atoms with Gasteiger partial charge in [0, 0.05) is 29.0 Å². The molecule has 24 heavy (non-hydrogen) atoms. The van der Waals surface area contributed by atoms with Crippen LogP contribution in [0.4, 0.5) is 4.79 Å². The molecule has 0 unspecified atom stereocenters. The number of carbonyl (C=O) groups is 2. The first-order valence-electron chi connectivity index (χ1n) is 8.31. The maximum absolute atomic E-state index is 11.9.